The smallest absolute Gasteiger partial charge is 0.264 e. The van der Waals surface area contributed by atoms with Crippen molar-refractivity contribution in [3.05, 3.63) is 51.8 Å². The molecule has 0 fully saturated rings. The van der Waals surface area contributed by atoms with Crippen LogP contribution in [0.15, 0.2) is 33.8 Å². The Morgan fingerprint density at radius 3 is 2.52 bits per heavy atom. The molecule has 0 saturated heterocycles. The van der Waals surface area contributed by atoms with Gasteiger partial charge in [0.25, 0.3) is 10.0 Å². The zero-order valence-corrected chi connectivity index (χ0v) is 13.5. The molecule has 1 heterocycles. The number of pyridine rings is 1. The molecule has 0 radical (unpaired) electrons. The average molecular weight is 377 g/mol. The van der Waals surface area contributed by atoms with Gasteiger partial charge in [0, 0.05) is 16.7 Å². The molecular formula is C13H11BrF2N2O2S. The fourth-order valence-corrected chi connectivity index (χ4v) is 3.28. The lowest BCUT2D eigenvalue weighted by Crippen LogP contribution is -2.17. The fraction of sp³-hybridized carbons (Fsp3) is 0.154. The molecule has 8 heteroatoms. The number of sulfonamides is 1. The Bertz CT molecular complexity index is 810. The molecule has 1 N–H and O–H groups in total. The Labute approximate surface area is 129 Å². The predicted octanol–water partition coefficient (Wildman–Crippen LogP) is 3.54. The summed E-state index contributed by atoms with van der Waals surface area (Å²) in [5.41, 5.74) is 1.32. The van der Waals surface area contributed by atoms with E-state index in [4.69, 9.17) is 0 Å². The molecule has 0 saturated carbocycles. The van der Waals surface area contributed by atoms with Crippen LogP contribution in [0.1, 0.15) is 11.3 Å². The summed E-state index contributed by atoms with van der Waals surface area (Å²) in [6, 6.07) is 2.28. The Kier molecular flexibility index (Phi) is 4.29. The van der Waals surface area contributed by atoms with Gasteiger partial charge in [0.05, 0.1) is 11.4 Å². The standard InChI is InChI=1S/C13H11BrF2N2O2S/c1-7-10(14)6-17-8(2)13(7)18-21(19,20)12-4-3-9(15)5-11(12)16/h3-6,18H,1-2H3. The molecule has 1 aromatic carbocycles. The van der Waals surface area contributed by atoms with Crippen LogP contribution in [0.3, 0.4) is 0 Å². The van der Waals surface area contributed by atoms with Gasteiger partial charge in [-0.3, -0.25) is 9.71 Å². The molecule has 0 aliphatic heterocycles. The Morgan fingerprint density at radius 1 is 1.24 bits per heavy atom. The second kappa shape index (κ2) is 5.69. The molecule has 1 aromatic heterocycles. The summed E-state index contributed by atoms with van der Waals surface area (Å²) in [6.07, 6.45) is 1.54. The number of hydrogen-bond acceptors (Lipinski definition) is 3. The number of hydrogen-bond donors (Lipinski definition) is 1. The fourth-order valence-electron chi connectivity index (χ4n) is 1.74. The number of anilines is 1. The van der Waals surface area contributed by atoms with Crippen molar-refractivity contribution in [3.8, 4) is 0 Å². The summed E-state index contributed by atoms with van der Waals surface area (Å²) in [5, 5.41) is 0. The van der Waals surface area contributed by atoms with E-state index in [0.29, 0.717) is 21.8 Å². The maximum absolute atomic E-state index is 13.6. The lowest BCUT2D eigenvalue weighted by Gasteiger charge is -2.14. The molecular weight excluding hydrogens is 366 g/mol. The summed E-state index contributed by atoms with van der Waals surface area (Å²) < 4.78 is 53.9. The highest BCUT2D eigenvalue weighted by Crippen LogP contribution is 2.28. The van der Waals surface area contributed by atoms with Crippen LogP contribution in [-0.4, -0.2) is 13.4 Å². The van der Waals surface area contributed by atoms with Crippen molar-refractivity contribution >= 4 is 31.6 Å². The van der Waals surface area contributed by atoms with Gasteiger partial charge in [0.1, 0.15) is 16.5 Å². The van der Waals surface area contributed by atoms with Crippen LogP contribution in [-0.2, 0) is 10.0 Å². The highest BCUT2D eigenvalue weighted by atomic mass is 79.9. The van der Waals surface area contributed by atoms with Crippen LogP contribution in [0.5, 0.6) is 0 Å². The second-order valence-electron chi connectivity index (χ2n) is 4.37. The monoisotopic (exact) mass is 376 g/mol. The van der Waals surface area contributed by atoms with E-state index in [2.05, 4.69) is 25.6 Å². The number of nitrogens with one attached hydrogen (secondary N) is 1. The molecule has 112 valence electrons. The Balaban J connectivity index is 2.50. The average Bonchev–Trinajstić information content (AvgIpc) is 2.39. The summed E-state index contributed by atoms with van der Waals surface area (Å²) in [5.74, 6) is -2.00. The number of benzene rings is 1. The van der Waals surface area contributed by atoms with Gasteiger partial charge in [-0.1, -0.05) is 0 Å². The molecule has 4 nitrogen and oxygen atoms in total. The topological polar surface area (TPSA) is 59.1 Å². The SMILES string of the molecule is Cc1ncc(Br)c(C)c1NS(=O)(=O)c1ccc(F)cc1F. The minimum Gasteiger partial charge on any atom is -0.277 e. The van der Waals surface area contributed by atoms with E-state index in [1.165, 1.54) is 0 Å². The zero-order valence-electron chi connectivity index (χ0n) is 11.1. The minimum absolute atomic E-state index is 0.258. The lowest BCUT2D eigenvalue weighted by molar-refractivity contribution is 0.551. The normalized spacial score (nSPS) is 11.5. The highest BCUT2D eigenvalue weighted by molar-refractivity contribution is 9.10. The molecule has 0 bridgehead atoms. The summed E-state index contributed by atoms with van der Waals surface area (Å²) in [7, 11) is -4.18. The third-order valence-electron chi connectivity index (χ3n) is 2.89. The first-order valence-corrected chi connectivity index (χ1v) is 8.09. The van der Waals surface area contributed by atoms with Crippen LogP contribution in [0, 0.1) is 25.5 Å². The third kappa shape index (κ3) is 3.21. The number of aromatic nitrogens is 1. The van der Waals surface area contributed by atoms with Crippen LogP contribution in [0.25, 0.3) is 0 Å². The second-order valence-corrected chi connectivity index (χ2v) is 6.88. The number of nitrogens with zero attached hydrogens (tertiary/aromatic N) is 1. The van der Waals surface area contributed by atoms with E-state index in [9.17, 15) is 17.2 Å². The van der Waals surface area contributed by atoms with Crippen molar-refractivity contribution in [2.24, 2.45) is 0 Å². The van der Waals surface area contributed by atoms with E-state index >= 15 is 0 Å². The first kappa shape index (κ1) is 15.8. The Morgan fingerprint density at radius 2 is 1.90 bits per heavy atom. The largest absolute Gasteiger partial charge is 0.277 e. The number of aryl methyl sites for hydroxylation is 1. The highest BCUT2D eigenvalue weighted by Gasteiger charge is 2.22. The van der Waals surface area contributed by atoms with Crippen molar-refractivity contribution in [1.82, 2.24) is 4.98 Å². The van der Waals surface area contributed by atoms with E-state index < -0.39 is 26.6 Å². The van der Waals surface area contributed by atoms with Crippen molar-refractivity contribution in [2.45, 2.75) is 18.7 Å². The van der Waals surface area contributed by atoms with E-state index in [-0.39, 0.29) is 5.69 Å². The molecule has 2 rings (SSSR count). The number of halogens is 3. The summed E-state index contributed by atoms with van der Waals surface area (Å²) >= 11 is 3.25. The molecule has 0 spiro atoms. The van der Waals surface area contributed by atoms with Gasteiger partial charge in [0.15, 0.2) is 0 Å². The quantitative estimate of drug-likeness (QED) is 0.890. The van der Waals surface area contributed by atoms with Gasteiger partial charge < -0.3 is 0 Å². The number of rotatable bonds is 3. The maximum atomic E-state index is 13.6. The summed E-state index contributed by atoms with van der Waals surface area (Å²) in [4.78, 5) is 3.40. The van der Waals surface area contributed by atoms with Gasteiger partial charge in [-0.25, -0.2) is 17.2 Å². The van der Waals surface area contributed by atoms with Crippen molar-refractivity contribution in [3.63, 3.8) is 0 Å². The van der Waals surface area contributed by atoms with Gasteiger partial charge >= 0.3 is 0 Å². The summed E-state index contributed by atoms with van der Waals surface area (Å²) in [6.45, 7) is 3.32. The van der Waals surface area contributed by atoms with Crippen molar-refractivity contribution in [2.75, 3.05) is 4.72 Å². The third-order valence-corrected chi connectivity index (χ3v) is 5.07. The molecule has 0 unspecified atom stereocenters. The van der Waals surface area contributed by atoms with E-state index in [1.54, 1.807) is 20.0 Å². The van der Waals surface area contributed by atoms with Gasteiger partial charge in [-0.15, -0.1) is 0 Å². The Hall–Kier alpha value is -1.54. The van der Waals surface area contributed by atoms with Gasteiger partial charge in [-0.05, 0) is 47.5 Å². The molecule has 2 aromatic rings. The predicted molar refractivity (Wildman–Crippen MR) is 78.6 cm³/mol. The van der Waals surface area contributed by atoms with Gasteiger partial charge in [-0.2, -0.15) is 0 Å². The molecule has 21 heavy (non-hydrogen) atoms. The van der Waals surface area contributed by atoms with Crippen LogP contribution in [0.2, 0.25) is 0 Å². The lowest BCUT2D eigenvalue weighted by atomic mass is 10.2. The van der Waals surface area contributed by atoms with Crippen LogP contribution in [0.4, 0.5) is 14.5 Å². The van der Waals surface area contributed by atoms with Crippen LogP contribution >= 0.6 is 15.9 Å². The van der Waals surface area contributed by atoms with Crippen molar-refractivity contribution in [1.29, 1.82) is 0 Å². The van der Waals surface area contributed by atoms with Crippen molar-refractivity contribution < 1.29 is 17.2 Å². The molecule has 0 aliphatic rings. The van der Waals surface area contributed by atoms with Gasteiger partial charge in [0.2, 0.25) is 0 Å². The molecule has 0 aliphatic carbocycles. The first-order valence-electron chi connectivity index (χ1n) is 5.82. The first-order chi connectivity index (χ1) is 9.72. The van der Waals surface area contributed by atoms with Crippen LogP contribution < -0.4 is 4.72 Å². The molecule has 0 amide bonds. The zero-order chi connectivity index (χ0) is 15.8. The van der Waals surface area contributed by atoms with E-state index in [0.717, 1.165) is 12.1 Å². The molecule has 0 atom stereocenters. The van der Waals surface area contributed by atoms with E-state index in [1.807, 2.05) is 0 Å². The maximum Gasteiger partial charge on any atom is 0.264 e. The minimum atomic E-state index is -4.18.